The van der Waals surface area contributed by atoms with Crippen molar-refractivity contribution in [1.82, 2.24) is 10.3 Å². The Kier molecular flexibility index (Phi) is 4.27. The number of nitrogens with zero attached hydrogens (tertiary/aromatic N) is 1. The molecule has 3 aromatic rings. The van der Waals surface area contributed by atoms with Gasteiger partial charge in [0, 0.05) is 18.1 Å². The topological polar surface area (TPSA) is 24.9 Å². The predicted octanol–water partition coefficient (Wildman–Crippen LogP) is 4.40. The van der Waals surface area contributed by atoms with E-state index in [1.807, 2.05) is 12.3 Å². The molecule has 0 spiro atoms. The summed E-state index contributed by atoms with van der Waals surface area (Å²) in [4.78, 5) is 4.37. The third kappa shape index (κ3) is 3.29. The van der Waals surface area contributed by atoms with Gasteiger partial charge < -0.3 is 5.32 Å². The lowest BCUT2D eigenvalue weighted by molar-refractivity contribution is 0.675. The Labute approximate surface area is 125 Å². The first-order valence-electron chi connectivity index (χ1n) is 7.51. The molecule has 0 atom stereocenters. The second-order valence-corrected chi connectivity index (χ2v) is 5.29. The van der Waals surface area contributed by atoms with Gasteiger partial charge in [-0.2, -0.15) is 0 Å². The number of fused-ring (bicyclic) bond motifs is 1. The molecule has 1 aromatic heterocycles. The van der Waals surface area contributed by atoms with Gasteiger partial charge in [-0.3, -0.25) is 4.98 Å². The molecule has 0 unspecified atom stereocenters. The minimum atomic E-state index is 0.927. The molecule has 0 amide bonds. The Morgan fingerprint density at radius 3 is 2.76 bits per heavy atom. The Hall–Kier alpha value is -2.19. The fourth-order valence-electron chi connectivity index (χ4n) is 2.53. The number of hydrogen-bond donors (Lipinski definition) is 1. The minimum absolute atomic E-state index is 0.927. The Bertz CT molecular complexity index is 734. The molecule has 2 heteroatoms. The molecule has 2 aromatic carbocycles. The molecule has 0 radical (unpaired) electrons. The lowest BCUT2D eigenvalue weighted by Gasteiger charge is -2.07. The second kappa shape index (κ2) is 6.51. The van der Waals surface area contributed by atoms with Crippen molar-refractivity contribution >= 4 is 10.9 Å². The fourth-order valence-corrected chi connectivity index (χ4v) is 2.53. The van der Waals surface area contributed by atoms with E-state index in [-0.39, 0.29) is 0 Å². The Balaban J connectivity index is 1.89. The predicted molar refractivity (Wildman–Crippen MR) is 89.2 cm³/mol. The summed E-state index contributed by atoms with van der Waals surface area (Å²) in [7, 11) is 0. The molecule has 0 aliphatic carbocycles. The van der Waals surface area contributed by atoms with Crippen LogP contribution in [0.5, 0.6) is 0 Å². The van der Waals surface area contributed by atoms with Crippen LogP contribution in [0.4, 0.5) is 0 Å². The SMILES string of the molecule is CCCNCc1cccc(-c2ccc3ncccc3c2)c1. The normalized spacial score (nSPS) is 10.9. The van der Waals surface area contributed by atoms with Crippen molar-refractivity contribution in [3.05, 3.63) is 66.4 Å². The standard InChI is InChI=1S/C19H20N2/c1-2-10-20-14-15-5-3-6-16(12-15)17-8-9-19-18(13-17)7-4-11-21-19/h3-9,11-13,20H,2,10,14H2,1H3. The van der Waals surface area contributed by atoms with Gasteiger partial charge in [-0.1, -0.05) is 37.3 Å². The van der Waals surface area contributed by atoms with Crippen LogP contribution >= 0.6 is 0 Å². The molecule has 0 fully saturated rings. The maximum Gasteiger partial charge on any atom is 0.0702 e. The van der Waals surface area contributed by atoms with Crippen molar-refractivity contribution in [3.63, 3.8) is 0 Å². The number of hydrogen-bond acceptors (Lipinski definition) is 2. The minimum Gasteiger partial charge on any atom is -0.313 e. The summed E-state index contributed by atoms with van der Waals surface area (Å²) in [5, 5.41) is 4.63. The summed E-state index contributed by atoms with van der Waals surface area (Å²) in [6, 6.07) is 19.3. The first-order chi connectivity index (χ1) is 10.4. The summed E-state index contributed by atoms with van der Waals surface area (Å²) in [6.45, 7) is 4.18. The van der Waals surface area contributed by atoms with Gasteiger partial charge in [0.25, 0.3) is 0 Å². The average Bonchev–Trinajstić information content (AvgIpc) is 2.55. The van der Waals surface area contributed by atoms with Crippen LogP contribution in [0.25, 0.3) is 22.0 Å². The van der Waals surface area contributed by atoms with E-state index in [1.54, 1.807) is 0 Å². The zero-order chi connectivity index (χ0) is 14.5. The van der Waals surface area contributed by atoms with Crippen LogP contribution in [-0.2, 0) is 6.54 Å². The van der Waals surface area contributed by atoms with Gasteiger partial charge in [0.15, 0.2) is 0 Å². The third-order valence-corrected chi connectivity index (χ3v) is 3.62. The van der Waals surface area contributed by atoms with Gasteiger partial charge in [0.05, 0.1) is 5.52 Å². The molecule has 0 saturated heterocycles. The number of benzene rings is 2. The Morgan fingerprint density at radius 2 is 1.86 bits per heavy atom. The molecule has 0 bridgehead atoms. The maximum absolute atomic E-state index is 4.37. The fraction of sp³-hybridized carbons (Fsp3) is 0.211. The van der Waals surface area contributed by atoms with E-state index in [4.69, 9.17) is 0 Å². The van der Waals surface area contributed by atoms with E-state index in [2.05, 4.69) is 65.8 Å². The summed E-state index contributed by atoms with van der Waals surface area (Å²) in [5.74, 6) is 0. The van der Waals surface area contributed by atoms with Crippen molar-refractivity contribution in [2.75, 3.05) is 6.54 Å². The van der Waals surface area contributed by atoms with E-state index < -0.39 is 0 Å². The van der Waals surface area contributed by atoms with Gasteiger partial charge >= 0.3 is 0 Å². The van der Waals surface area contributed by atoms with Gasteiger partial charge in [0.1, 0.15) is 0 Å². The third-order valence-electron chi connectivity index (χ3n) is 3.62. The highest BCUT2D eigenvalue weighted by molar-refractivity contribution is 5.84. The molecular weight excluding hydrogens is 256 g/mol. The van der Waals surface area contributed by atoms with E-state index in [9.17, 15) is 0 Å². The number of nitrogens with one attached hydrogen (secondary N) is 1. The van der Waals surface area contributed by atoms with Crippen LogP contribution in [0.15, 0.2) is 60.8 Å². The molecule has 0 aliphatic rings. The van der Waals surface area contributed by atoms with E-state index >= 15 is 0 Å². The summed E-state index contributed by atoms with van der Waals surface area (Å²) in [5.41, 5.74) is 4.87. The Morgan fingerprint density at radius 1 is 0.952 bits per heavy atom. The van der Waals surface area contributed by atoms with Gasteiger partial charge in [-0.05, 0) is 53.9 Å². The molecule has 1 heterocycles. The largest absolute Gasteiger partial charge is 0.313 e. The van der Waals surface area contributed by atoms with Crippen LogP contribution < -0.4 is 5.32 Å². The van der Waals surface area contributed by atoms with Crippen molar-refractivity contribution in [3.8, 4) is 11.1 Å². The highest BCUT2D eigenvalue weighted by atomic mass is 14.8. The molecule has 3 rings (SSSR count). The first-order valence-corrected chi connectivity index (χ1v) is 7.51. The molecule has 0 aliphatic heterocycles. The van der Waals surface area contributed by atoms with E-state index in [0.29, 0.717) is 0 Å². The lowest BCUT2D eigenvalue weighted by Crippen LogP contribution is -2.13. The zero-order valence-electron chi connectivity index (χ0n) is 12.3. The summed E-state index contributed by atoms with van der Waals surface area (Å²) >= 11 is 0. The lowest BCUT2D eigenvalue weighted by atomic mass is 10.0. The summed E-state index contributed by atoms with van der Waals surface area (Å²) in [6.07, 6.45) is 3.00. The van der Waals surface area contributed by atoms with Crippen LogP contribution in [0.2, 0.25) is 0 Å². The van der Waals surface area contributed by atoms with Gasteiger partial charge in [-0.25, -0.2) is 0 Å². The van der Waals surface area contributed by atoms with Gasteiger partial charge in [0.2, 0.25) is 0 Å². The molecule has 106 valence electrons. The zero-order valence-corrected chi connectivity index (χ0v) is 12.3. The summed E-state index contributed by atoms with van der Waals surface area (Å²) < 4.78 is 0. The monoisotopic (exact) mass is 276 g/mol. The van der Waals surface area contributed by atoms with Crippen molar-refractivity contribution in [2.45, 2.75) is 19.9 Å². The smallest absolute Gasteiger partial charge is 0.0702 e. The van der Waals surface area contributed by atoms with Crippen LogP contribution in [-0.4, -0.2) is 11.5 Å². The maximum atomic E-state index is 4.37. The van der Waals surface area contributed by atoms with Crippen LogP contribution in [0.3, 0.4) is 0 Å². The van der Waals surface area contributed by atoms with Crippen LogP contribution in [0.1, 0.15) is 18.9 Å². The second-order valence-electron chi connectivity index (χ2n) is 5.29. The van der Waals surface area contributed by atoms with Crippen molar-refractivity contribution in [2.24, 2.45) is 0 Å². The highest BCUT2D eigenvalue weighted by Gasteiger charge is 2.01. The first kappa shape index (κ1) is 13.8. The molecular formula is C19H20N2. The van der Waals surface area contributed by atoms with Crippen molar-refractivity contribution < 1.29 is 0 Å². The quantitative estimate of drug-likeness (QED) is 0.699. The van der Waals surface area contributed by atoms with Crippen LogP contribution in [0, 0.1) is 0 Å². The highest BCUT2D eigenvalue weighted by Crippen LogP contribution is 2.24. The average molecular weight is 276 g/mol. The van der Waals surface area contributed by atoms with E-state index in [0.717, 1.165) is 25.0 Å². The molecule has 21 heavy (non-hydrogen) atoms. The number of pyridine rings is 1. The van der Waals surface area contributed by atoms with Gasteiger partial charge in [-0.15, -0.1) is 0 Å². The van der Waals surface area contributed by atoms with E-state index in [1.165, 1.54) is 22.1 Å². The molecule has 1 N–H and O–H groups in total. The van der Waals surface area contributed by atoms with Crippen molar-refractivity contribution in [1.29, 1.82) is 0 Å². The number of aromatic nitrogens is 1. The number of rotatable bonds is 5. The molecule has 2 nitrogen and oxygen atoms in total. The molecule has 0 saturated carbocycles.